The topological polar surface area (TPSA) is 107 Å². The molecular weight excluding hydrogens is 262 g/mol. The molecule has 1 unspecified atom stereocenters. The third kappa shape index (κ3) is 3.05. The number of nitro benzene ring substituents is 1. The highest BCUT2D eigenvalue weighted by atomic mass is 16.6. The number of nitro groups is 1. The molecular formula is C13H17N3O4. The predicted octanol–water partition coefficient (Wildman–Crippen LogP) is 1.48. The maximum absolute atomic E-state index is 12.2. The molecule has 108 valence electrons. The zero-order valence-electron chi connectivity index (χ0n) is 11.2. The Morgan fingerprint density at radius 1 is 1.55 bits per heavy atom. The van der Waals surface area contributed by atoms with Crippen molar-refractivity contribution in [2.45, 2.75) is 25.3 Å². The van der Waals surface area contributed by atoms with Gasteiger partial charge in [0.25, 0.3) is 11.6 Å². The Morgan fingerprint density at radius 2 is 2.30 bits per heavy atom. The second kappa shape index (κ2) is 5.46. The van der Waals surface area contributed by atoms with E-state index in [1.165, 1.54) is 18.2 Å². The molecule has 2 rings (SSSR count). The van der Waals surface area contributed by atoms with E-state index in [1.807, 2.05) is 6.92 Å². The van der Waals surface area contributed by atoms with Crippen LogP contribution in [0.2, 0.25) is 0 Å². The Hall–Kier alpha value is -2.15. The summed E-state index contributed by atoms with van der Waals surface area (Å²) in [6, 6.07) is 4.04. The van der Waals surface area contributed by atoms with Gasteiger partial charge in [-0.25, -0.2) is 0 Å². The first-order valence-electron chi connectivity index (χ1n) is 6.35. The van der Waals surface area contributed by atoms with Crippen LogP contribution in [0.4, 0.5) is 11.4 Å². The Bertz CT molecular complexity index is 538. The van der Waals surface area contributed by atoms with Crippen molar-refractivity contribution in [3.05, 3.63) is 33.9 Å². The second-order valence-electron chi connectivity index (χ2n) is 5.20. The van der Waals surface area contributed by atoms with Crippen molar-refractivity contribution in [2.75, 3.05) is 18.9 Å². The molecule has 0 spiro atoms. The molecule has 0 aliphatic carbocycles. The lowest BCUT2D eigenvalue weighted by Gasteiger charge is -2.34. The maximum Gasteiger partial charge on any atom is 0.292 e. The Kier molecular flexibility index (Phi) is 3.89. The SMILES string of the molecule is CC1(NC(=O)c2ccc(N)c([N+](=O)[O-])c2)CCCOC1. The molecule has 1 aliphatic rings. The van der Waals surface area contributed by atoms with Crippen LogP contribution in [0, 0.1) is 10.1 Å². The summed E-state index contributed by atoms with van der Waals surface area (Å²) in [5.41, 5.74) is 5.07. The van der Waals surface area contributed by atoms with Crippen LogP contribution in [-0.4, -0.2) is 29.6 Å². The van der Waals surface area contributed by atoms with Crippen LogP contribution >= 0.6 is 0 Å². The maximum atomic E-state index is 12.2. The van der Waals surface area contributed by atoms with Gasteiger partial charge in [0.05, 0.1) is 17.1 Å². The summed E-state index contributed by atoms with van der Waals surface area (Å²) in [6.45, 7) is 3.03. The number of carbonyl (C=O) groups excluding carboxylic acids is 1. The van der Waals surface area contributed by atoms with Gasteiger partial charge in [-0.1, -0.05) is 0 Å². The van der Waals surface area contributed by atoms with Gasteiger partial charge < -0.3 is 15.8 Å². The quantitative estimate of drug-likeness (QED) is 0.495. The lowest BCUT2D eigenvalue weighted by molar-refractivity contribution is -0.383. The number of nitrogens with zero attached hydrogens (tertiary/aromatic N) is 1. The molecule has 1 heterocycles. The molecule has 7 heteroatoms. The van der Waals surface area contributed by atoms with Gasteiger partial charge in [0.2, 0.25) is 0 Å². The van der Waals surface area contributed by atoms with Crippen molar-refractivity contribution in [1.29, 1.82) is 0 Å². The molecule has 0 aromatic heterocycles. The van der Waals surface area contributed by atoms with Crippen molar-refractivity contribution < 1.29 is 14.5 Å². The Morgan fingerprint density at radius 3 is 2.90 bits per heavy atom. The molecule has 0 saturated carbocycles. The van der Waals surface area contributed by atoms with Crippen molar-refractivity contribution in [1.82, 2.24) is 5.32 Å². The number of anilines is 1. The van der Waals surface area contributed by atoms with Gasteiger partial charge in [-0.2, -0.15) is 0 Å². The molecule has 3 N–H and O–H groups in total. The van der Waals surface area contributed by atoms with Crippen LogP contribution in [0.3, 0.4) is 0 Å². The van der Waals surface area contributed by atoms with Gasteiger partial charge in [0.15, 0.2) is 0 Å². The van der Waals surface area contributed by atoms with Gasteiger partial charge in [-0.3, -0.25) is 14.9 Å². The number of benzene rings is 1. The molecule has 1 aromatic rings. The van der Waals surface area contributed by atoms with E-state index in [-0.39, 0.29) is 22.8 Å². The van der Waals surface area contributed by atoms with Crippen LogP contribution in [0.5, 0.6) is 0 Å². The number of hydrogen-bond acceptors (Lipinski definition) is 5. The first-order valence-corrected chi connectivity index (χ1v) is 6.35. The summed E-state index contributed by atoms with van der Waals surface area (Å²) in [5, 5.41) is 13.7. The van der Waals surface area contributed by atoms with E-state index < -0.39 is 10.5 Å². The lowest BCUT2D eigenvalue weighted by atomic mass is 9.94. The summed E-state index contributed by atoms with van der Waals surface area (Å²) in [6.07, 6.45) is 1.69. The van der Waals surface area contributed by atoms with Crippen LogP contribution in [0.1, 0.15) is 30.1 Å². The first-order chi connectivity index (χ1) is 9.41. The average molecular weight is 279 g/mol. The van der Waals surface area contributed by atoms with Crippen LogP contribution in [0.25, 0.3) is 0 Å². The molecule has 20 heavy (non-hydrogen) atoms. The van der Waals surface area contributed by atoms with Crippen LogP contribution < -0.4 is 11.1 Å². The third-order valence-electron chi connectivity index (χ3n) is 3.34. The van der Waals surface area contributed by atoms with Crippen molar-refractivity contribution >= 4 is 17.3 Å². The molecule has 1 aliphatic heterocycles. The number of ether oxygens (including phenoxy) is 1. The average Bonchev–Trinajstić information content (AvgIpc) is 2.39. The number of rotatable bonds is 3. The molecule has 0 radical (unpaired) electrons. The van der Waals surface area contributed by atoms with Gasteiger partial charge >= 0.3 is 0 Å². The fraction of sp³-hybridized carbons (Fsp3) is 0.462. The van der Waals surface area contributed by atoms with E-state index in [2.05, 4.69) is 5.32 Å². The molecule has 1 atom stereocenters. The lowest BCUT2D eigenvalue weighted by Crippen LogP contribution is -2.51. The molecule has 1 amide bonds. The highest BCUT2D eigenvalue weighted by Crippen LogP contribution is 2.24. The van der Waals surface area contributed by atoms with E-state index >= 15 is 0 Å². The summed E-state index contributed by atoms with van der Waals surface area (Å²) in [5.74, 6) is -0.360. The minimum atomic E-state index is -0.600. The summed E-state index contributed by atoms with van der Waals surface area (Å²) >= 11 is 0. The zero-order chi connectivity index (χ0) is 14.8. The summed E-state index contributed by atoms with van der Waals surface area (Å²) in [4.78, 5) is 22.4. The Labute approximate surface area is 116 Å². The number of carbonyl (C=O) groups is 1. The summed E-state index contributed by atoms with van der Waals surface area (Å²) < 4.78 is 5.36. The standard InChI is InChI=1S/C13H17N3O4/c1-13(5-2-6-20-8-13)15-12(17)9-3-4-10(14)11(7-9)16(18)19/h3-4,7H,2,5-6,8,14H2,1H3,(H,15,17). The van der Waals surface area contributed by atoms with Crippen LogP contribution in [0.15, 0.2) is 18.2 Å². The normalized spacial score (nSPS) is 22.2. The number of nitrogen functional groups attached to an aromatic ring is 1. The monoisotopic (exact) mass is 279 g/mol. The largest absolute Gasteiger partial charge is 0.393 e. The number of amides is 1. The minimum Gasteiger partial charge on any atom is -0.393 e. The van der Waals surface area contributed by atoms with E-state index in [1.54, 1.807) is 0 Å². The van der Waals surface area contributed by atoms with Gasteiger partial charge in [-0.15, -0.1) is 0 Å². The summed E-state index contributed by atoms with van der Waals surface area (Å²) in [7, 11) is 0. The highest BCUT2D eigenvalue weighted by Gasteiger charge is 2.30. The predicted molar refractivity (Wildman–Crippen MR) is 73.4 cm³/mol. The molecule has 1 fully saturated rings. The molecule has 0 bridgehead atoms. The van der Waals surface area contributed by atoms with E-state index in [0.717, 1.165) is 12.8 Å². The van der Waals surface area contributed by atoms with Crippen molar-refractivity contribution in [3.8, 4) is 0 Å². The smallest absolute Gasteiger partial charge is 0.292 e. The van der Waals surface area contributed by atoms with Crippen molar-refractivity contribution in [2.24, 2.45) is 0 Å². The second-order valence-corrected chi connectivity index (χ2v) is 5.20. The molecule has 7 nitrogen and oxygen atoms in total. The molecule has 1 aromatic carbocycles. The zero-order valence-corrected chi connectivity index (χ0v) is 11.2. The fourth-order valence-corrected chi connectivity index (χ4v) is 2.22. The van der Waals surface area contributed by atoms with E-state index in [9.17, 15) is 14.9 Å². The van der Waals surface area contributed by atoms with Crippen molar-refractivity contribution in [3.63, 3.8) is 0 Å². The number of nitrogens with one attached hydrogen (secondary N) is 1. The number of hydrogen-bond donors (Lipinski definition) is 2. The highest BCUT2D eigenvalue weighted by molar-refractivity contribution is 5.96. The van der Waals surface area contributed by atoms with Crippen LogP contribution in [-0.2, 0) is 4.74 Å². The van der Waals surface area contributed by atoms with Gasteiger partial charge in [0, 0.05) is 18.2 Å². The van der Waals surface area contributed by atoms with E-state index in [4.69, 9.17) is 10.5 Å². The minimum absolute atomic E-state index is 0.0405. The Balaban J connectivity index is 2.17. The number of nitrogens with two attached hydrogens (primary N) is 1. The third-order valence-corrected chi connectivity index (χ3v) is 3.34. The van der Waals surface area contributed by atoms with E-state index in [0.29, 0.717) is 13.2 Å². The van der Waals surface area contributed by atoms with Gasteiger partial charge in [0.1, 0.15) is 5.69 Å². The van der Waals surface area contributed by atoms with Gasteiger partial charge in [-0.05, 0) is 31.9 Å². The first kappa shape index (κ1) is 14.3. The molecule has 1 saturated heterocycles. The fourth-order valence-electron chi connectivity index (χ4n) is 2.22.